The molecule has 4 heteroatoms. The highest BCUT2D eigenvalue weighted by molar-refractivity contribution is 4.64. The van der Waals surface area contributed by atoms with Crippen LogP contribution in [0.4, 0.5) is 0 Å². The number of aromatic amines is 1. The van der Waals surface area contributed by atoms with Gasteiger partial charge < -0.3 is 15.0 Å². The van der Waals surface area contributed by atoms with Gasteiger partial charge in [0.2, 0.25) is 0 Å². The van der Waals surface area contributed by atoms with Crippen LogP contribution in [0.2, 0.25) is 0 Å². The lowest BCUT2D eigenvalue weighted by molar-refractivity contribution is 0.109. The third-order valence-electron chi connectivity index (χ3n) is 1.25. The highest BCUT2D eigenvalue weighted by Gasteiger charge is 1.92. The van der Waals surface area contributed by atoms with Crippen LogP contribution in [0.25, 0.3) is 0 Å². The van der Waals surface area contributed by atoms with E-state index in [2.05, 4.69) is 15.3 Å². The monoisotopic (exact) mass is 155 g/mol. The first-order valence-corrected chi connectivity index (χ1v) is 3.71. The van der Waals surface area contributed by atoms with Crippen LogP contribution >= 0.6 is 0 Å². The summed E-state index contributed by atoms with van der Waals surface area (Å²) in [4.78, 5) is 6.42. The number of ether oxygens (including phenoxy) is 1. The van der Waals surface area contributed by atoms with Crippen LogP contribution in [-0.2, 0) is 4.74 Å². The van der Waals surface area contributed by atoms with Crippen LogP contribution in [0.1, 0.15) is 0 Å². The van der Waals surface area contributed by atoms with Crippen LogP contribution in [0.15, 0.2) is 18.7 Å². The molecule has 1 aliphatic heterocycles. The molecule has 1 saturated heterocycles. The summed E-state index contributed by atoms with van der Waals surface area (Å²) in [6.07, 6.45) is 5.08. The summed E-state index contributed by atoms with van der Waals surface area (Å²) in [5, 5.41) is 3.16. The van der Waals surface area contributed by atoms with Gasteiger partial charge >= 0.3 is 0 Å². The van der Waals surface area contributed by atoms with Gasteiger partial charge in [0.05, 0.1) is 19.5 Å². The average Bonchev–Trinajstić information content (AvgIpc) is 2.64. The van der Waals surface area contributed by atoms with Gasteiger partial charge in [-0.25, -0.2) is 4.98 Å². The second-order valence-electron chi connectivity index (χ2n) is 2.12. The molecular formula is C7H13N3O. The Kier molecular flexibility index (Phi) is 4.40. The molecule has 0 bridgehead atoms. The van der Waals surface area contributed by atoms with Gasteiger partial charge in [0.25, 0.3) is 0 Å². The molecule has 0 unspecified atom stereocenters. The van der Waals surface area contributed by atoms with Crippen molar-refractivity contribution in [2.75, 3.05) is 26.3 Å². The fourth-order valence-corrected chi connectivity index (χ4v) is 0.731. The number of hydrogen-bond donors (Lipinski definition) is 2. The molecule has 62 valence electrons. The topological polar surface area (TPSA) is 49.9 Å². The van der Waals surface area contributed by atoms with E-state index in [4.69, 9.17) is 4.74 Å². The van der Waals surface area contributed by atoms with Crippen molar-refractivity contribution in [2.45, 2.75) is 0 Å². The zero-order chi connectivity index (χ0) is 7.78. The molecule has 2 N–H and O–H groups in total. The number of H-pyrrole nitrogens is 1. The lowest BCUT2D eigenvalue weighted by Gasteiger charge is -2.10. The third kappa shape index (κ3) is 4.52. The Hall–Kier alpha value is -0.870. The van der Waals surface area contributed by atoms with Crippen molar-refractivity contribution in [2.24, 2.45) is 0 Å². The van der Waals surface area contributed by atoms with Crippen LogP contribution in [0, 0.1) is 0 Å². The number of morpholine rings is 1. The highest BCUT2D eigenvalue weighted by atomic mass is 16.5. The minimum atomic E-state index is 0.889. The van der Waals surface area contributed by atoms with Gasteiger partial charge in [-0.05, 0) is 0 Å². The van der Waals surface area contributed by atoms with Crippen molar-refractivity contribution in [1.82, 2.24) is 15.3 Å². The fourth-order valence-electron chi connectivity index (χ4n) is 0.731. The Labute approximate surface area is 66.0 Å². The SMILES string of the molecule is C1COCCN1.c1c[nH]cn1. The number of hydrogen-bond acceptors (Lipinski definition) is 3. The molecule has 0 atom stereocenters. The third-order valence-corrected chi connectivity index (χ3v) is 1.25. The van der Waals surface area contributed by atoms with Gasteiger partial charge in [-0.3, -0.25) is 0 Å². The van der Waals surface area contributed by atoms with Gasteiger partial charge in [-0.2, -0.15) is 0 Å². The maximum absolute atomic E-state index is 5.01. The zero-order valence-electron chi connectivity index (χ0n) is 6.42. The van der Waals surface area contributed by atoms with E-state index in [9.17, 15) is 0 Å². The summed E-state index contributed by atoms with van der Waals surface area (Å²) in [7, 11) is 0. The first-order chi connectivity index (χ1) is 5.50. The standard InChI is InChI=1S/C4H9NO.C3H4N2/c1-3-6-4-2-5-1;1-2-5-3-4-1/h5H,1-4H2;1-3H,(H,4,5). The first-order valence-electron chi connectivity index (χ1n) is 3.71. The van der Waals surface area contributed by atoms with Gasteiger partial charge in [-0.1, -0.05) is 0 Å². The molecule has 0 aromatic carbocycles. The predicted molar refractivity (Wildman–Crippen MR) is 42.3 cm³/mol. The molecule has 1 aromatic rings. The Morgan fingerprint density at radius 3 is 2.27 bits per heavy atom. The summed E-state index contributed by atoms with van der Waals surface area (Å²) in [6, 6.07) is 0. The Balaban J connectivity index is 0.000000112. The van der Waals surface area contributed by atoms with E-state index in [1.807, 2.05) is 0 Å². The number of nitrogens with one attached hydrogen (secondary N) is 2. The van der Waals surface area contributed by atoms with Gasteiger partial charge in [0, 0.05) is 25.5 Å². The first kappa shape index (κ1) is 8.23. The zero-order valence-corrected chi connectivity index (χ0v) is 6.42. The lowest BCUT2D eigenvalue weighted by Crippen LogP contribution is -2.30. The molecule has 0 radical (unpaired) electrons. The van der Waals surface area contributed by atoms with Gasteiger partial charge in [-0.15, -0.1) is 0 Å². The fraction of sp³-hybridized carbons (Fsp3) is 0.571. The van der Waals surface area contributed by atoms with Crippen LogP contribution in [0.5, 0.6) is 0 Å². The quantitative estimate of drug-likeness (QED) is 0.555. The summed E-state index contributed by atoms with van der Waals surface area (Å²) in [6.45, 7) is 3.83. The Morgan fingerprint density at radius 1 is 1.27 bits per heavy atom. The molecule has 0 aliphatic carbocycles. The lowest BCUT2D eigenvalue weighted by atomic mass is 10.5. The maximum atomic E-state index is 5.01. The van der Waals surface area contributed by atoms with Crippen molar-refractivity contribution < 1.29 is 4.74 Å². The van der Waals surface area contributed by atoms with Crippen LogP contribution < -0.4 is 5.32 Å². The molecule has 4 nitrogen and oxygen atoms in total. The summed E-state index contributed by atoms with van der Waals surface area (Å²) in [5.74, 6) is 0. The van der Waals surface area contributed by atoms with Crippen molar-refractivity contribution >= 4 is 0 Å². The van der Waals surface area contributed by atoms with Crippen LogP contribution in [-0.4, -0.2) is 36.3 Å². The Bertz CT molecular complexity index is 120. The predicted octanol–water partition coefficient (Wildman–Crippen LogP) is 0.0159. The molecule has 11 heavy (non-hydrogen) atoms. The van der Waals surface area contributed by atoms with E-state index in [1.165, 1.54) is 0 Å². The Morgan fingerprint density at radius 2 is 2.09 bits per heavy atom. The molecule has 1 fully saturated rings. The second-order valence-corrected chi connectivity index (χ2v) is 2.12. The van der Waals surface area contributed by atoms with Gasteiger partial charge in [0.1, 0.15) is 0 Å². The number of aromatic nitrogens is 2. The van der Waals surface area contributed by atoms with Crippen molar-refractivity contribution in [1.29, 1.82) is 0 Å². The minimum absolute atomic E-state index is 0.889. The summed E-state index contributed by atoms with van der Waals surface area (Å²) in [5.41, 5.74) is 0. The molecular weight excluding hydrogens is 142 g/mol. The minimum Gasteiger partial charge on any atom is -0.379 e. The molecule has 0 amide bonds. The molecule has 0 saturated carbocycles. The van der Waals surface area contributed by atoms with Crippen molar-refractivity contribution in [3.8, 4) is 0 Å². The van der Waals surface area contributed by atoms with E-state index in [0.29, 0.717) is 0 Å². The molecule has 0 spiro atoms. The van der Waals surface area contributed by atoms with Crippen LogP contribution in [0.3, 0.4) is 0 Å². The van der Waals surface area contributed by atoms with E-state index in [1.54, 1.807) is 18.7 Å². The van der Waals surface area contributed by atoms with E-state index < -0.39 is 0 Å². The number of imidazole rings is 1. The normalized spacial score (nSPS) is 16.7. The number of nitrogens with zero attached hydrogens (tertiary/aromatic N) is 1. The molecule has 2 rings (SSSR count). The van der Waals surface area contributed by atoms with E-state index in [0.717, 1.165) is 26.3 Å². The second kappa shape index (κ2) is 5.88. The molecule has 1 aliphatic rings. The average molecular weight is 155 g/mol. The molecule has 1 aromatic heterocycles. The van der Waals surface area contributed by atoms with E-state index in [-0.39, 0.29) is 0 Å². The summed E-state index contributed by atoms with van der Waals surface area (Å²) >= 11 is 0. The van der Waals surface area contributed by atoms with Gasteiger partial charge in [0.15, 0.2) is 0 Å². The van der Waals surface area contributed by atoms with Crippen molar-refractivity contribution in [3.63, 3.8) is 0 Å². The molecule has 2 heterocycles. The summed E-state index contributed by atoms with van der Waals surface area (Å²) < 4.78 is 5.01. The largest absolute Gasteiger partial charge is 0.379 e. The smallest absolute Gasteiger partial charge is 0.0919 e. The maximum Gasteiger partial charge on any atom is 0.0919 e. The number of rotatable bonds is 0. The highest BCUT2D eigenvalue weighted by Crippen LogP contribution is 1.76. The van der Waals surface area contributed by atoms with E-state index >= 15 is 0 Å². The van der Waals surface area contributed by atoms with Crippen molar-refractivity contribution in [3.05, 3.63) is 18.7 Å².